The summed E-state index contributed by atoms with van der Waals surface area (Å²) < 4.78 is 0. The number of hydrogen-bond acceptors (Lipinski definition) is 2. The highest BCUT2D eigenvalue weighted by atomic mass is 16.2. The monoisotopic (exact) mass is 228 g/mol. The molecule has 0 fully saturated rings. The van der Waals surface area contributed by atoms with Crippen molar-refractivity contribution in [3.05, 3.63) is 0 Å². The molecule has 0 aromatic carbocycles. The minimum absolute atomic E-state index is 0.0218. The van der Waals surface area contributed by atoms with Crippen LogP contribution < -0.4 is 5.73 Å². The fraction of sp³-hybridized carbons (Fsp3) is 0.923. The second-order valence-corrected chi connectivity index (χ2v) is 5.62. The summed E-state index contributed by atoms with van der Waals surface area (Å²) in [5.74, 6) is 0.202. The highest BCUT2D eigenvalue weighted by molar-refractivity contribution is 5.79. The Kier molecular flexibility index (Phi) is 6.65. The van der Waals surface area contributed by atoms with E-state index in [0.717, 1.165) is 25.9 Å². The number of nitrogens with two attached hydrogens (primary N) is 1. The van der Waals surface area contributed by atoms with Gasteiger partial charge < -0.3 is 10.6 Å². The third-order valence-corrected chi connectivity index (χ3v) is 2.68. The van der Waals surface area contributed by atoms with Gasteiger partial charge >= 0.3 is 0 Å². The minimum atomic E-state index is -0.0218. The van der Waals surface area contributed by atoms with Crippen molar-refractivity contribution in [3.8, 4) is 0 Å². The molecule has 16 heavy (non-hydrogen) atoms. The average molecular weight is 228 g/mol. The first-order valence-corrected chi connectivity index (χ1v) is 6.34. The molecule has 1 unspecified atom stereocenters. The number of rotatable bonds is 6. The van der Waals surface area contributed by atoms with Crippen molar-refractivity contribution in [1.29, 1.82) is 0 Å². The zero-order valence-corrected chi connectivity index (χ0v) is 11.5. The Morgan fingerprint density at radius 2 is 1.88 bits per heavy atom. The van der Waals surface area contributed by atoms with E-state index in [4.69, 9.17) is 5.73 Å². The lowest BCUT2D eigenvalue weighted by Crippen LogP contribution is -2.41. The van der Waals surface area contributed by atoms with Crippen LogP contribution in [0, 0.1) is 11.3 Å². The topological polar surface area (TPSA) is 46.3 Å². The molecule has 96 valence electrons. The van der Waals surface area contributed by atoms with Gasteiger partial charge in [-0.2, -0.15) is 0 Å². The van der Waals surface area contributed by atoms with E-state index in [2.05, 4.69) is 27.7 Å². The van der Waals surface area contributed by atoms with Gasteiger partial charge in [0.25, 0.3) is 0 Å². The van der Waals surface area contributed by atoms with Crippen LogP contribution in [0.25, 0.3) is 0 Å². The fourth-order valence-corrected chi connectivity index (χ4v) is 1.96. The van der Waals surface area contributed by atoms with Gasteiger partial charge in [-0.1, -0.05) is 27.7 Å². The van der Waals surface area contributed by atoms with E-state index in [-0.39, 0.29) is 17.2 Å². The molecule has 3 heteroatoms. The summed E-state index contributed by atoms with van der Waals surface area (Å²) in [7, 11) is 0. The maximum atomic E-state index is 12.2. The summed E-state index contributed by atoms with van der Waals surface area (Å²) in [4.78, 5) is 14.1. The van der Waals surface area contributed by atoms with Gasteiger partial charge in [0.05, 0.1) is 5.92 Å². The zero-order valence-electron chi connectivity index (χ0n) is 11.5. The molecule has 0 saturated carbocycles. The molecule has 1 amide bonds. The Morgan fingerprint density at radius 3 is 2.19 bits per heavy atom. The van der Waals surface area contributed by atoms with Gasteiger partial charge in [-0.25, -0.2) is 0 Å². The van der Waals surface area contributed by atoms with Gasteiger partial charge in [0.2, 0.25) is 5.91 Å². The highest BCUT2D eigenvalue weighted by Crippen LogP contribution is 2.25. The van der Waals surface area contributed by atoms with E-state index in [1.165, 1.54) is 0 Å². The van der Waals surface area contributed by atoms with Gasteiger partial charge in [-0.15, -0.1) is 0 Å². The molecular formula is C13H28N2O. The molecule has 0 saturated heterocycles. The SMILES string of the molecule is CCCN(CC)C(=O)C(CN)CC(C)(C)C. The van der Waals surface area contributed by atoms with Crippen molar-refractivity contribution in [2.75, 3.05) is 19.6 Å². The molecule has 0 bridgehead atoms. The number of carbonyl (C=O) groups excluding carboxylic acids is 1. The molecule has 0 spiro atoms. The molecule has 0 heterocycles. The molecule has 3 nitrogen and oxygen atoms in total. The number of nitrogens with zero attached hydrogens (tertiary/aromatic N) is 1. The Morgan fingerprint density at radius 1 is 1.31 bits per heavy atom. The standard InChI is InChI=1S/C13H28N2O/c1-6-8-15(7-2)12(16)11(10-14)9-13(3,4)5/h11H,6-10,14H2,1-5H3. The predicted octanol–water partition coefficient (Wildman–Crippen LogP) is 2.26. The van der Waals surface area contributed by atoms with Crippen LogP contribution in [0.15, 0.2) is 0 Å². The maximum absolute atomic E-state index is 12.2. The van der Waals surface area contributed by atoms with Crippen LogP contribution in [-0.2, 0) is 4.79 Å². The fourth-order valence-electron chi connectivity index (χ4n) is 1.96. The lowest BCUT2D eigenvalue weighted by atomic mass is 9.84. The van der Waals surface area contributed by atoms with Crippen molar-refractivity contribution in [2.45, 2.75) is 47.5 Å². The first-order chi connectivity index (χ1) is 7.35. The summed E-state index contributed by atoms with van der Waals surface area (Å²) in [5, 5.41) is 0. The number of hydrogen-bond donors (Lipinski definition) is 1. The molecule has 0 aromatic rings. The summed E-state index contributed by atoms with van der Waals surface area (Å²) in [5.41, 5.74) is 5.88. The van der Waals surface area contributed by atoms with E-state index in [1.54, 1.807) is 0 Å². The molecule has 1 atom stereocenters. The molecule has 0 radical (unpaired) electrons. The van der Waals surface area contributed by atoms with Crippen molar-refractivity contribution in [2.24, 2.45) is 17.1 Å². The highest BCUT2D eigenvalue weighted by Gasteiger charge is 2.26. The number of carbonyl (C=O) groups is 1. The van der Waals surface area contributed by atoms with E-state index in [0.29, 0.717) is 6.54 Å². The summed E-state index contributed by atoms with van der Waals surface area (Å²) in [6, 6.07) is 0. The molecule has 0 rings (SSSR count). The van der Waals surface area contributed by atoms with Gasteiger partial charge in [-0.3, -0.25) is 4.79 Å². The minimum Gasteiger partial charge on any atom is -0.343 e. The van der Waals surface area contributed by atoms with Crippen molar-refractivity contribution in [3.63, 3.8) is 0 Å². The van der Waals surface area contributed by atoms with Crippen molar-refractivity contribution < 1.29 is 4.79 Å². The van der Waals surface area contributed by atoms with Crippen LogP contribution in [0.2, 0.25) is 0 Å². The normalized spacial score (nSPS) is 13.6. The molecule has 0 aliphatic heterocycles. The quantitative estimate of drug-likeness (QED) is 0.758. The van der Waals surface area contributed by atoms with Crippen LogP contribution in [0.1, 0.15) is 47.5 Å². The van der Waals surface area contributed by atoms with Crippen molar-refractivity contribution >= 4 is 5.91 Å². The van der Waals surface area contributed by atoms with E-state index >= 15 is 0 Å². The third-order valence-electron chi connectivity index (χ3n) is 2.68. The molecule has 0 aliphatic rings. The van der Waals surface area contributed by atoms with Gasteiger partial charge in [0.15, 0.2) is 0 Å². The Hall–Kier alpha value is -0.570. The van der Waals surface area contributed by atoms with E-state index < -0.39 is 0 Å². The first kappa shape index (κ1) is 15.4. The summed E-state index contributed by atoms with van der Waals surface area (Å²) in [6.07, 6.45) is 1.87. The van der Waals surface area contributed by atoms with Crippen LogP contribution >= 0.6 is 0 Å². The van der Waals surface area contributed by atoms with E-state index in [1.807, 2.05) is 11.8 Å². The lowest BCUT2D eigenvalue weighted by molar-refractivity contribution is -0.136. The zero-order chi connectivity index (χ0) is 12.8. The van der Waals surface area contributed by atoms with Crippen LogP contribution in [0.3, 0.4) is 0 Å². The van der Waals surface area contributed by atoms with Crippen LogP contribution in [-0.4, -0.2) is 30.4 Å². The summed E-state index contributed by atoms with van der Waals surface area (Å²) in [6.45, 7) is 12.7. The molecule has 0 aliphatic carbocycles. The predicted molar refractivity (Wildman–Crippen MR) is 69.2 cm³/mol. The van der Waals surface area contributed by atoms with Crippen LogP contribution in [0.4, 0.5) is 0 Å². The van der Waals surface area contributed by atoms with E-state index in [9.17, 15) is 4.79 Å². The van der Waals surface area contributed by atoms with Gasteiger partial charge in [-0.05, 0) is 25.2 Å². The smallest absolute Gasteiger partial charge is 0.226 e. The Balaban J connectivity index is 4.50. The first-order valence-electron chi connectivity index (χ1n) is 6.34. The van der Waals surface area contributed by atoms with Crippen molar-refractivity contribution in [1.82, 2.24) is 4.90 Å². The Bertz CT molecular complexity index is 208. The molecular weight excluding hydrogens is 200 g/mol. The Labute approximate surface area is 100 Å². The second kappa shape index (κ2) is 6.89. The average Bonchev–Trinajstić information content (AvgIpc) is 2.20. The van der Waals surface area contributed by atoms with Gasteiger partial charge in [0.1, 0.15) is 0 Å². The van der Waals surface area contributed by atoms with Gasteiger partial charge in [0, 0.05) is 19.6 Å². The lowest BCUT2D eigenvalue weighted by Gasteiger charge is -2.29. The molecule has 2 N–H and O–H groups in total. The largest absolute Gasteiger partial charge is 0.343 e. The summed E-state index contributed by atoms with van der Waals surface area (Å²) >= 11 is 0. The second-order valence-electron chi connectivity index (χ2n) is 5.62. The number of amides is 1. The van der Waals surface area contributed by atoms with Crippen LogP contribution in [0.5, 0.6) is 0 Å². The third kappa shape index (κ3) is 5.50. The molecule has 0 aromatic heterocycles. The maximum Gasteiger partial charge on any atom is 0.226 e.